The van der Waals surface area contributed by atoms with Crippen LogP contribution in [0.25, 0.3) is 0 Å². The molecule has 0 spiro atoms. The Kier molecular flexibility index (Phi) is 4.39. The van der Waals surface area contributed by atoms with E-state index in [1.54, 1.807) is 0 Å². The summed E-state index contributed by atoms with van der Waals surface area (Å²) in [6.07, 6.45) is 0.708. The van der Waals surface area contributed by atoms with E-state index in [4.69, 9.17) is 14.9 Å². The molecule has 1 amide bonds. The molecule has 0 bridgehead atoms. The van der Waals surface area contributed by atoms with Crippen molar-refractivity contribution in [2.75, 3.05) is 13.2 Å². The number of carbonyl (C=O) groups is 1. The van der Waals surface area contributed by atoms with Crippen LogP contribution in [0.4, 0.5) is 4.79 Å². The first kappa shape index (κ1) is 13.8. The standard InChI is InChI=1S/C14H19NO4/c16-9-14(10-17)6-12(7-14)15-13(18)19-8-11-4-2-1-3-5-11/h1-5,12,16-17H,6-10H2,(H,15,18). The lowest BCUT2D eigenvalue weighted by Gasteiger charge is -2.45. The number of aliphatic hydroxyl groups is 2. The predicted molar refractivity (Wildman–Crippen MR) is 69.4 cm³/mol. The molecule has 1 aromatic carbocycles. The van der Waals surface area contributed by atoms with Crippen LogP contribution >= 0.6 is 0 Å². The largest absolute Gasteiger partial charge is 0.445 e. The minimum absolute atomic E-state index is 0.0254. The van der Waals surface area contributed by atoms with Crippen molar-refractivity contribution in [2.24, 2.45) is 5.41 Å². The molecule has 1 aliphatic carbocycles. The third-order valence-electron chi connectivity index (χ3n) is 3.56. The fraction of sp³-hybridized carbons (Fsp3) is 0.500. The summed E-state index contributed by atoms with van der Waals surface area (Å²) in [5.74, 6) is 0. The molecule has 1 aliphatic rings. The molecule has 1 saturated carbocycles. The molecule has 0 radical (unpaired) electrons. The number of alkyl carbamates (subject to hydrolysis) is 1. The number of benzene rings is 1. The van der Waals surface area contributed by atoms with Crippen LogP contribution in [-0.4, -0.2) is 35.6 Å². The van der Waals surface area contributed by atoms with E-state index in [9.17, 15) is 4.79 Å². The van der Waals surface area contributed by atoms with Crippen molar-refractivity contribution in [3.63, 3.8) is 0 Å². The molecule has 104 valence electrons. The fourth-order valence-electron chi connectivity index (χ4n) is 2.33. The van der Waals surface area contributed by atoms with Crippen molar-refractivity contribution in [3.05, 3.63) is 35.9 Å². The van der Waals surface area contributed by atoms with Gasteiger partial charge in [0.2, 0.25) is 0 Å². The summed E-state index contributed by atoms with van der Waals surface area (Å²) in [5, 5.41) is 21.0. The lowest BCUT2D eigenvalue weighted by atomic mass is 9.66. The third kappa shape index (κ3) is 3.45. The molecule has 3 N–H and O–H groups in total. The highest BCUT2D eigenvalue weighted by Crippen LogP contribution is 2.40. The van der Waals surface area contributed by atoms with E-state index in [1.165, 1.54) is 0 Å². The maximum atomic E-state index is 11.5. The summed E-state index contributed by atoms with van der Waals surface area (Å²) >= 11 is 0. The second-order valence-electron chi connectivity index (χ2n) is 5.13. The van der Waals surface area contributed by atoms with Crippen LogP contribution in [0.2, 0.25) is 0 Å². The van der Waals surface area contributed by atoms with Crippen LogP contribution in [0.5, 0.6) is 0 Å². The van der Waals surface area contributed by atoms with Crippen LogP contribution in [-0.2, 0) is 11.3 Å². The van der Waals surface area contributed by atoms with Crippen molar-refractivity contribution in [1.29, 1.82) is 0 Å². The number of hydrogen-bond donors (Lipinski definition) is 3. The first-order valence-corrected chi connectivity index (χ1v) is 6.36. The molecule has 5 nitrogen and oxygen atoms in total. The molecule has 1 fully saturated rings. The Morgan fingerprint density at radius 3 is 2.47 bits per heavy atom. The molecule has 19 heavy (non-hydrogen) atoms. The molecule has 1 aromatic rings. The van der Waals surface area contributed by atoms with Crippen molar-refractivity contribution < 1.29 is 19.7 Å². The normalized spacial score (nSPS) is 17.6. The maximum Gasteiger partial charge on any atom is 0.407 e. The molecule has 0 atom stereocenters. The second-order valence-corrected chi connectivity index (χ2v) is 5.13. The zero-order valence-electron chi connectivity index (χ0n) is 10.7. The number of amides is 1. The Balaban J connectivity index is 1.69. The molecule has 2 rings (SSSR count). The highest BCUT2D eigenvalue weighted by Gasteiger charge is 2.44. The van der Waals surface area contributed by atoms with Gasteiger partial charge in [0, 0.05) is 11.5 Å². The minimum atomic E-state index is -0.460. The minimum Gasteiger partial charge on any atom is -0.445 e. The molecular weight excluding hydrogens is 246 g/mol. The molecule has 0 heterocycles. The molecule has 5 heteroatoms. The van der Waals surface area contributed by atoms with Gasteiger partial charge in [0.25, 0.3) is 0 Å². The van der Waals surface area contributed by atoms with Crippen molar-refractivity contribution in [3.8, 4) is 0 Å². The smallest absolute Gasteiger partial charge is 0.407 e. The van der Waals surface area contributed by atoms with Crippen molar-refractivity contribution in [1.82, 2.24) is 5.32 Å². The lowest BCUT2D eigenvalue weighted by molar-refractivity contribution is -0.0314. The van der Waals surface area contributed by atoms with Gasteiger partial charge in [-0.1, -0.05) is 30.3 Å². The Hall–Kier alpha value is -1.59. The van der Waals surface area contributed by atoms with Gasteiger partial charge in [-0.3, -0.25) is 0 Å². The second kappa shape index (κ2) is 6.04. The van der Waals surface area contributed by atoms with Gasteiger partial charge < -0.3 is 20.3 Å². The Labute approximate surface area is 112 Å². The quantitative estimate of drug-likeness (QED) is 0.743. The summed E-state index contributed by atoms with van der Waals surface area (Å²) in [7, 11) is 0. The van der Waals surface area contributed by atoms with Crippen LogP contribution in [0.15, 0.2) is 30.3 Å². The van der Waals surface area contributed by atoms with Gasteiger partial charge in [0.15, 0.2) is 0 Å². The summed E-state index contributed by atoms with van der Waals surface area (Å²) < 4.78 is 5.09. The van der Waals surface area contributed by atoms with E-state index >= 15 is 0 Å². The van der Waals surface area contributed by atoms with Gasteiger partial charge in [-0.2, -0.15) is 0 Å². The summed E-state index contributed by atoms with van der Waals surface area (Å²) in [6.45, 7) is 0.131. The van der Waals surface area contributed by atoms with Crippen LogP contribution < -0.4 is 5.32 Å². The molecule has 0 unspecified atom stereocenters. The number of carbonyl (C=O) groups excluding carboxylic acids is 1. The zero-order valence-corrected chi connectivity index (χ0v) is 10.7. The lowest BCUT2D eigenvalue weighted by Crippen LogP contribution is -2.54. The molecule has 0 saturated heterocycles. The van der Waals surface area contributed by atoms with Crippen LogP contribution in [0.1, 0.15) is 18.4 Å². The number of rotatable bonds is 5. The zero-order chi connectivity index (χ0) is 13.7. The molecular formula is C14H19NO4. The summed E-state index contributed by atoms with van der Waals surface area (Å²) in [5.41, 5.74) is 0.503. The van der Waals surface area contributed by atoms with Crippen molar-refractivity contribution in [2.45, 2.75) is 25.5 Å². The fourth-order valence-corrected chi connectivity index (χ4v) is 2.33. The number of nitrogens with one attached hydrogen (secondary N) is 1. The average Bonchev–Trinajstić information content (AvgIpc) is 2.41. The van der Waals surface area contributed by atoms with E-state index in [2.05, 4.69) is 5.32 Å². The Morgan fingerprint density at radius 1 is 1.26 bits per heavy atom. The Bertz CT molecular complexity index is 409. The Morgan fingerprint density at radius 2 is 1.89 bits per heavy atom. The highest BCUT2D eigenvalue weighted by molar-refractivity contribution is 5.67. The maximum absolute atomic E-state index is 11.5. The molecule has 0 aromatic heterocycles. The number of hydrogen-bond acceptors (Lipinski definition) is 4. The van der Waals surface area contributed by atoms with Gasteiger partial charge in [-0.05, 0) is 18.4 Å². The number of ether oxygens (including phenoxy) is 1. The summed E-state index contributed by atoms with van der Waals surface area (Å²) in [4.78, 5) is 11.5. The average molecular weight is 265 g/mol. The monoisotopic (exact) mass is 265 g/mol. The van der Waals surface area contributed by atoms with Crippen LogP contribution in [0, 0.1) is 5.41 Å². The first-order chi connectivity index (χ1) is 9.17. The van der Waals surface area contributed by atoms with E-state index in [1.807, 2.05) is 30.3 Å². The predicted octanol–water partition coefficient (Wildman–Crippen LogP) is 1.05. The van der Waals surface area contributed by atoms with Gasteiger partial charge >= 0.3 is 6.09 Å². The van der Waals surface area contributed by atoms with E-state index in [-0.39, 0.29) is 25.9 Å². The van der Waals surface area contributed by atoms with Gasteiger partial charge in [-0.15, -0.1) is 0 Å². The molecule has 0 aliphatic heterocycles. The number of aliphatic hydroxyl groups excluding tert-OH is 2. The van der Waals surface area contributed by atoms with Crippen molar-refractivity contribution >= 4 is 6.09 Å². The third-order valence-corrected chi connectivity index (χ3v) is 3.56. The highest BCUT2D eigenvalue weighted by atomic mass is 16.5. The van der Waals surface area contributed by atoms with E-state index < -0.39 is 11.5 Å². The van der Waals surface area contributed by atoms with Gasteiger partial charge in [0.1, 0.15) is 6.61 Å². The van der Waals surface area contributed by atoms with Crippen LogP contribution in [0.3, 0.4) is 0 Å². The SMILES string of the molecule is O=C(NC1CC(CO)(CO)C1)OCc1ccccc1. The van der Waals surface area contributed by atoms with Gasteiger partial charge in [-0.25, -0.2) is 4.79 Å². The first-order valence-electron chi connectivity index (χ1n) is 6.36. The topological polar surface area (TPSA) is 78.8 Å². The summed E-state index contributed by atoms with van der Waals surface area (Å²) in [6, 6.07) is 9.43. The van der Waals surface area contributed by atoms with E-state index in [0.29, 0.717) is 12.8 Å². The van der Waals surface area contributed by atoms with Gasteiger partial charge in [0.05, 0.1) is 13.2 Å². The van der Waals surface area contributed by atoms with E-state index in [0.717, 1.165) is 5.56 Å².